The Labute approximate surface area is 146 Å². The Morgan fingerprint density at radius 1 is 1.38 bits per heavy atom. The van der Waals surface area contributed by atoms with Crippen molar-refractivity contribution in [2.75, 3.05) is 0 Å². The lowest BCUT2D eigenvalue weighted by atomic mass is 9.98. The fourth-order valence-electron chi connectivity index (χ4n) is 3.97. The molecule has 2 aromatic heterocycles. The van der Waals surface area contributed by atoms with Crippen molar-refractivity contribution < 1.29 is 4.79 Å². The second kappa shape index (κ2) is 5.84. The van der Waals surface area contributed by atoms with Crippen molar-refractivity contribution in [1.82, 2.24) is 19.7 Å². The van der Waals surface area contributed by atoms with E-state index in [1.807, 2.05) is 17.9 Å². The van der Waals surface area contributed by atoms with Gasteiger partial charge in [-0.3, -0.25) is 9.48 Å². The molecule has 0 unspecified atom stereocenters. The maximum Gasteiger partial charge on any atom is 0.266 e. The summed E-state index contributed by atoms with van der Waals surface area (Å²) in [5.41, 5.74) is 5.22. The first-order chi connectivity index (χ1) is 11.6. The van der Waals surface area contributed by atoms with E-state index in [4.69, 9.17) is 0 Å². The van der Waals surface area contributed by atoms with Crippen molar-refractivity contribution in [2.45, 2.75) is 51.1 Å². The fourth-order valence-corrected chi connectivity index (χ4v) is 4.86. The Kier molecular flexibility index (Phi) is 3.79. The predicted molar refractivity (Wildman–Crippen MR) is 95.0 cm³/mol. The molecule has 6 heteroatoms. The van der Waals surface area contributed by atoms with Gasteiger partial charge in [-0.1, -0.05) is 19.9 Å². The smallest absolute Gasteiger partial charge is 0.266 e. The fraction of sp³-hybridized carbons (Fsp3) is 0.500. The number of thiazole rings is 1. The number of aromatic nitrogens is 3. The van der Waals surface area contributed by atoms with Gasteiger partial charge < -0.3 is 4.90 Å². The van der Waals surface area contributed by atoms with E-state index >= 15 is 0 Å². The van der Waals surface area contributed by atoms with E-state index in [0.717, 1.165) is 29.8 Å². The normalized spacial score (nSPS) is 23.0. The highest BCUT2D eigenvalue weighted by Gasteiger charge is 2.41. The number of carbonyl (C=O) groups excluding carboxylic acids is 1. The van der Waals surface area contributed by atoms with Crippen LogP contribution >= 0.6 is 11.3 Å². The molecule has 2 aliphatic heterocycles. The summed E-state index contributed by atoms with van der Waals surface area (Å²) in [6.07, 6.45) is 7.14. The second-order valence-electron chi connectivity index (χ2n) is 6.97. The third-order valence-electron chi connectivity index (χ3n) is 5.12. The first kappa shape index (κ1) is 15.6. The highest BCUT2D eigenvalue weighted by atomic mass is 32.1. The first-order valence-electron chi connectivity index (χ1n) is 8.51. The molecule has 0 aromatic carbocycles. The van der Waals surface area contributed by atoms with E-state index < -0.39 is 0 Å². The lowest BCUT2D eigenvalue weighted by Gasteiger charge is -2.34. The number of carbonyl (C=O) groups is 1. The molecule has 24 heavy (non-hydrogen) atoms. The van der Waals surface area contributed by atoms with Crippen molar-refractivity contribution in [3.8, 4) is 0 Å². The number of hydrogen-bond donors (Lipinski definition) is 0. The van der Waals surface area contributed by atoms with Gasteiger partial charge >= 0.3 is 0 Å². The highest BCUT2D eigenvalue weighted by Crippen LogP contribution is 2.40. The Balaban J connectivity index is 1.65. The minimum atomic E-state index is 0.161. The zero-order valence-corrected chi connectivity index (χ0v) is 15.1. The van der Waals surface area contributed by atoms with Crippen LogP contribution in [0.2, 0.25) is 0 Å². The summed E-state index contributed by atoms with van der Waals surface area (Å²) in [6.45, 7) is 4.19. The van der Waals surface area contributed by atoms with Gasteiger partial charge in [-0.05, 0) is 36.8 Å². The topological polar surface area (TPSA) is 51.0 Å². The van der Waals surface area contributed by atoms with Crippen LogP contribution in [0.15, 0.2) is 23.8 Å². The average molecular weight is 342 g/mol. The molecule has 0 N–H and O–H groups in total. The number of rotatable bonds is 3. The summed E-state index contributed by atoms with van der Waals surface area (Å²) in [7, 11) is 1.97. The summed E-state index contributed by atoms with van der Waals surface area (Å²) in [5, 5.41) is 4.28. The molecule has 0 spiro atoms. The van der Waals surface area contributed by atoms with Gasteiger partial charge in [0.2, 0.25) is 0 Å². The largest absolute Gasteiger partial charge is 0.328 e. The van der Waals surface area contributed by atoms with Crippen LogP contribution in [0.25, 0.3) is 5.57 Å². The van der Waals surface area contributed by atoms with Gasteiger partial charge in [0.05, 0.1) is 22.9 Å². The van der Waals surface area contributed by atoms with Gasteiger partial charge in [0.25, 0.3) is 5.91 Å². The molecular formula is C18H22N4OS. The van der Waals surface area contributed by atoms with Crippen molar-refractivity contribution in [2.24, 2.45) is 7.05 Å². The Morgan fingerprint density at radius 2 is 2.21 bits per heavy atom. The molecule has 1 fully saturated rings. The average Bonchev–Trinajstić information content (AvgIpc) is 3.25. The monoisotopic (exact) mass is 342 g/mol. The standard InChI is InChI=1S/C18H22N4OS/c1-11(2)16-17(24-10-19-16)18(23)22-13-4-5-14(22)9-12(8-13)15-6-7-20-21(15)3/h6-8,10-11,13-14H,4-5,9H2,1-3H3/t13-,14-/m1/s1. The van der Waals surface area contributed by atoms with Crippen LogP contribution in [0.4, 0.5) is 0 Å². The molecule has 2 aromatic rings. The lowest BCUT2D eigenvalue weighted by Crippen LogP contribution is -2.43. The van der Waals surface area contributed by atoms with Gasteiger partial charge in [-0.15, -0.1) is 11.3 Å². The van der Waals surface area contributed by atoms with Gasteiger partial charge in [0, 0.05) is 19.3 Å². The van der Waals surface area contributed by atoms with Crippen LogP contribution in [-0.4, -0.2) is 37.7 Å². The lowest BCUT2D eigenvalue weighted by molar-refractivity contribution is 0.0695. The molecule has 1 saturated heterocycles. The van der Waals surface area contributed by atoms with E-state index in [0.29, 0.717) is 6.04 Å². The van der Waals surface area contributed by atoms with Gasteiger partial charge in [-0.25, -0.2) is 4.98 Å². The summed E-state index contributed by atoms with van der Waals surface area (Å²) >= 11 is 1.48. The molecular weight excluding hydrogens is 320 g/mol. The molecule has 0 saturated carbocycles. The van der Waals surface area contributed by atoms with E-state index in [1.54, 1.807) is 5.51 Å². The van der Waals surface area contributed by atoms with Crippen molar-refractivity contribution in [1.29, 1.82) is 0 Å². The van der Waals surface area contributed by atoms with Crippen LogP contribution in [-0.2, 0) is 7.05 Å². The van der Waals surface area contributed by atoms with Crippen LogP contribution < -0.4 is 0 Å². The minimum Gasteiger partial charge on any atom is -0.328 e. The molecule has 0 aliphatic carbocycles. The predicted octanol–water partition coefficient (Wildman–Crippen LogP) is 3.46. The van der Waals surface area contributed by atoms with E-state index in [2.05, 4.69) is 41.0 Å². The third kappa shape index (κ3) is 2.40. The molecule has 2 bridgehead atoms. The number of hydrogen-bond acceptors (Lipinski definition) is 4. The second-order valence-corrected chi connectivity index (χ2v) is 7.82. The molecule has 4 rings (SSSR count). The Morgan fingerprint density at radius 3 is 2.88 bits per heavy atom. The maximum absolute atomic E-state index is 13.2. The number of amides is 1. The maximum atomic E-state index is 13.2. The SMILES string of the molecule is CC(C)c1ncsc1C(=O)N1[C@@H]2CC[C@@H]1C=C(c1ccnn1C)C2. The minimum absolute atomic E-state index is 0.161. The molecule has 0 radical (unpaired) electrons. The molecule has 2 aliphatic rings. The zero-order valence-electron chi connectivity index (χ0n) is 14.3. The summed E-state index contributed by atoms with van der Waals surface area (Å²) in [5.74, 6) is 0.437. The van der Waals surface area contributed by atoms with Crippen molar-refractivity contribution in [3.05, 3.63) is 40.1 Å². The Hall–Kier alpha value is -1.95. The van der Waals surface area contributed by atoms with E-state index in [9.17, 15) is 4.79 Å². The number of nitrogens with zero attached hydrogens (tertiary/aromatic N) is 4. The molecule has 4 heterocycles. The third-order valence-corrected chi connectivity index (χ3v) is 5.95. The molecule has 1 amide bonds. The van der Waals surface area contributed by atoms with Gasteiger partial charge in [0.15, 0.2) is 0 Å². The summed E-state index contributed by atoms with van der Waals surface area (Å²) in [4.78, 5) is 20.5. The zero-order chi connectivity index (χ0) is 16.8. The highest BCUT2D eigenvalue weighted by molar-refractivity contribution is 7.11. The quantitative estimate of drug-likeness (QED) is 0.858. The summed E-state index contributed by atoms with van der Waals surface area (Å²) in [6, 6.07) is 2.55. The molecule has 2 atom stereocenters. The van der Waals surface area contributed by atoms with Crippen molar-refractivity contribution in [3.63, 3.8) is 0 Å². The molecule has 126 valence electrons. The number of aryl methyl sites for hydroxylation is 1. The van der Waals surface area contributed by atoms with Crippen LogP contribution in [0.1, 0.15) is 60.1 Å². The first-order valence-corrected chi connectivity index (χ1v) is 9.39. The molecule has 5 nitrogen and oxygen atoms in total. The van der Waals surface area contributed by atoms with Crippen LogP contribution in [0, 0.1) is 0 Å². The van der Waals surface area contributed by atoms with Crippen LogP contribution in [0.5, 0.6) is 0 Å². The van der Waals surface area contributed by atoms with Crippen molar-refractivity contribution >= 4 is 22.8 Å². The van der Waals surface area contributed by atoms with Gasteiger partial charge in [-0.2, -0.15) is 5.10 Å². The summed E-state index contributed by atoms with van der Waals surface area (Å²) < 4.78 is 1.92. The van der Waals surface area contributed by atoms with Gasteiger partial charge in [0.1, 0.15) is 4.88 Å². The van der Waals surface area contributed by atoms with Crippen LogP contribution in [0.3, 0.4) is 0 Å². The Bertz CT molecular complexity index is 804. The van der Waals surface area contributed by atoms with E-state index in [1.165, 1.54) is 22.6 Å². The van der Waals surface area contributed by atoms with E-state index in [-0.39, 0.29) is 17.9 Å². The number of fused-ring (bicyclic) bond motifs is 2.